The standard InChI is InChI=1S/C20H23N5O3/c1-12-9-13(2)25-20(21-12)22-18(23-25)19(26)24(15-5-6-15)11-14-10-16(27-3)7-8-17(14)28-4/h7-10,15H,5-6,11H2,1-4H3. The number of methoxy groups -OCH3 is 2. The predicted octanol–water partition coefficient (Wildman–Crippen LogP) is 2.56. The summed E-state index contributed by atoms with van der Waals surface area (Å²) in [5.41, 5.74) is 2.62. The van der Waals surface area contributed by atoms with Crippen molar-refractivity contribution in [2.24, 2.45) is 0 Å². The molecule has 1 amide bonds. The van der Waals surface area contributed by atoms with Crippen LogP contribution in [0.1, 0.15) is 40.4 Å². The van der Waals surface area contributed by atoms with Crippen LogP contribution in [0.2, 0.25) is 0 Å². The Hall–Kier alpha value is -3.16. The van der Waals surface area contributed by atoms with Gasteiger partial charge in [0.1, 0.15) is 11.5 Å². The molecule has 1 saturated carbocycles. The Morgan fingerprint density at radius 3 is 2.64 bits per heavy atom. The summed E-state index contributed by atoms with van der Waals surface area (Å²) in [6.07, 6.45) is 1.95. The van der Waals surface area contributed by atoms with E-state index in [1.807, 2.05) is 43.0 Å². The average Bonchev–Trinajstić information content (AvgIpc) is 3.43. The highest BCUT2D eigenvalue weighted by Crippen LogP contribution is 2.32. The van der Waals surface area contributed by atoms with Gasteiger partial charge in [-0.25, -0.2) is 9.50 Å². The Kier molecular flexibility index (Phi) is 4.62. The lowest BCUT2D eigenvalue weighted by Gasteiger charge is -2.22. The van der Waals surface area contributed by atoms with Crippen molar-refractivity contribution >= 4 is 11.7 Å². The first-order valence-corrected chi connectivity index (χ1v) is 9.23. The van der Waals surface area contributed by atoms with Crippen LogP contribution in [-0.4, -0.2) is 50.7 Å². The van der Waals surface area contributed by atoms with E-state index < -0.39 is 0 Å². The summed E-state index contributed by atoms with van der Waals surface area (Å²) in [4.78, 5) is 23.8. The van der Waals surface area contributed by atoms with Crippen molar-refractivity contribution in [3.63, 3.8) is 0 Å². The van der Waals surface area contributed by atoms with Gasteiger partial charge in [-0.1, -0.05) is 0 Å². The van der Waals surface area contributed by atoms with Gasteiger partial charge in [0.15, 0.2) is 0 Å². The molecule has 0 spiro atoms. The van der Waals surface area contributed by atoms with E-state index in [4.69, 9.17) is 9.47 Å². The Labute approximate surface area is 163 Å². The van der Waals surface area contributed by atoms with Gasteiger partial charge in [-0.05, 0) is 51.0 Å². The van der Waals surface area contributed by atoms with Gasteiger partial charge in [-0.15, -0.1) is 5.10 Å². The van der Waals surface area contributed by atoms with Crippen molar-refractivity contribution in [1.29, 1.82) is 0 Å². The third-order valence-corrected chi connectivity index (χ3v) is 4.89. The molecule has 0 radical (unpaired) electrons. The molecular formula is C20H23N5O3. The zero-order valence-corrected chi connectivity index (χ0v) is 16.5. The first-order chi connectivity index (χ1) is 13.5. The zero-order valence-electron chi connectivity index (χ0n) is 16.5. The van der Waals surface area contributed by atoms with E-state index in [1.165, 1.54) is 0 Å². The second-order valence-corrected chi connectivity index (χ2v) is 7.03. The van der Waals surface area contributed by atoms with Gasteiger partial charge in [0.2, 0.25) is 5.82 Å². The van der Waals surface area contributed by atoms with Crippen molar-refractivity contribution < 1.29 is 14.3 Å². The summed E-state index contributed by atoms with van der Waals surface area (Å²) in [6, 6.07) is 7.68. The minimum Gasteiger partial charge on any atom is -0.497 e. The lowest BCUT2D eigenvalue weighted by molar-refractivity contribution is 0.0716. The van der Waals surface area contributed by atoms with Crippen molar-refractivity contribution in [1.82, 2.24) is 24.5 Å². The van der Waals surface area contributed by atoms with Gasteiger partial charge in [0.05, 0.1) is 20.8 Å². The zero-order chi connectivity index (χ0) is 19.8. The summed E-state index contributed by atoms with van der Waals surface area (Å²) in [6.45, 7) is 4.23. The van der Waals surface area contributed by atoms with Crippen LogP contribution in [0.15, 0.2) is 24.3 Å². The molecule has 0 atom stereocenters. The van der Waals surface area contributed by atoms with Crippen molar-refractivity contribution in [2.75, 3.05) is 14.2 Å². The number of aryl methyl sites for hydroxylation is 2. The molecule has 8 heteroatoms. The normalized spacial score (nSPS) is 13.6. The van der Waals surface area contributed by atoms with Crippen LogP contribution in [0.3, 0.4) is 0 Å². The molecule has 1 aromatic carbocycles. The van der Waals surface area contributed by atoms with E-state index in [9.17, 15) is 4.79 Å². The Morgan fingerprint density at radius 1 is 1.18 bits per heavy atom. The van der Waals surface area contributed by atoms with Gasteiger partial charge in [0, 0.05) is 23.0 Å². The fraction of sp³-hybridized carbons (Fsp3) is 0.400. The van der Waals surface area contributed by atoms with Crippen LogP contribution in [-0.2, 0) is 6.54 Å². The molecule has 1 aliphatic rings. The molecule has 0 aliphatic heterocycles. The number of rotatable bonds is 6. The highest BCUT2D eigenvalue weighted by molar-refractivity contribution is 5.91. The number of amides is 1. The van der Waals surface area contributed by atoms with Gasteiger partial charge in [-0.3, -0.25) is 4.79 Å². The molecule has 0 unspecified atom stereocenters. The Balaban J connectivity index is 1.67. The molecule has 146 valence electrons. The van der Waals surface area contributed by atoms with E-state index >= 15 is 0 Å². The van der Waals surface area contributed by atoms with Crippen LogP contribution in [0.25, 0.3) is 5.78 Å². The molecule has 4 rings (SSSR count). The first-order valence-electron chi connectivity index (χ1n) is 9.23. The molecule has 2 aromatic heterocycles. The lowest BCUT2D eigenvalue weighted by atomic mass is 10.1. The molecule has 3 aromatic rings. The summed E-state index contributed by atoms with van der Waals surface area (Å²) in [5.74, 6) is 1.84. The van der Waals surface area contributed by atoms with Crippen molar-refractivity contribution in [3.05, 3.63) is 47.0 Å². The fourth-order valence-corrected chi connectivity index (χ4v) is 3.33. The van der Waals surface area contributed by atoms with Crippen LogP contribution < -0.4 is 9.47 Å². The predicted molar refractivity (Wildman–Crippen MR) is 103 cm³/mol. The van der Waals surface area contributed by atoms with E-state index in [2.05, 4.69) is 15.1 Å². The molecule has 0 saturated heterocycles. The summed E-state index contributed by atoms with van der Waals surface area (Å²) in [5, 5.41) is 4.40. The van der Waals surface area contributed by atoms with Crippen LogP contribution in [0.5, 0.6) is 11.5 Å². The minimum absolute atomic E-state index is 0.162. The molecule has 0 bridgehead atoms. The van der Waals surface area contributed by atoms with E-state index in [0.717, 1.165) is 41.3 Å². The Morgan fingerprint density at radius 2 is 1.96 bits per heavy atom. The van der Waals surface area contributed by atoms with Crippen LogP contribution >= 0.6 is 0 Å². The van der Waals surface area contributed by atoms with E-state index in [1.54, 1.807) is 18.7 Å². The number of fused-ring (bicyclic) bond motifs is 1. The lowest BCUT2D eigenvalue weighted by Crippen LogP contribution is -2.33. The number of carbonyl (C=O) groups is 1. The minimum atomic E-state index is -0.199. The summed E-state index contributed by atoms with van der Waals surface area (Å²) in [7, 11) is 3.24. The number of hydrogen-bond acceptors (Lipinski definition) is 6. The third-order valence-electron chi connectivity index (χ3n) is 4.89. The number of benzene rings is 1. The molecular weight excluding hydrogens is 358 g/mol. The maximum Gasteiger partial charge on any atom is 0.294 e. The maximum atomic E-state index is 13.2. The van der Waals surface area contributed by atoms with Gasteiger partial charge < -0.3 is 14.4 Å². The van der Waals surface area contributed by atoms with Crippen molar-refractivity contribution in [2.45, 2.75) is 39.3 Å². The molecule has 0 N–H and O–H groups in total. The van der Waals surface area contributed by atoms with Crippen molar-refractivity contribution in [3.8, 4) is 11.5 Å². The van der Waals surface area contributed by atoms with Gasteiger partial charge in [0.25, 0.3) is 11.7 Å². The number of hydrogen-bond donors (Lipinski definition) is 0. The van der Waals surface area contributed by atoms with E-state index in [0.29, 0.717) is 12.3 Å². The molecule has 2 heterocycles. The van der Waals surface area contributed by atoms with Gasteiger partial charge >= 0.3 is 0 Å². The SMILES string of the molecule is COc1ccc(OC)c(CN(C(=O)c2nc3nc(C)cc(C)n3n2)C2CC2)c1. The molecule has 28 heavy (non-hydrogen) atoms. The van der Waals surface area contributed by atoms with Crippen LogP contribution in [0.4, 0.5) is 0 Å². The number of ether oxygens (including phenoxy) is 2. The smallest absolute Gasteiger partial charge is 0.294 e. The largest absolute Gasteiger partial charge is 0.497 e. The number of nitrogens with zero attached hydrogens (tertiary/aromatic N) is 5. The summed E-state index contributed by atoms with van der Waals surface area (Å²) < 4.78 is 12.4. The number of aromatic nitrogens is 4. The average molecular weight is 381 g/mol. The second kappa shape index (κ2) is 7.10. The maximum absolute atomic E-state index is 13.2. The highest BCUT2D eigenvalue weighted by Gasteiger charge is 2.35. The van der Waals surface area contributed by atoms with Gasteiger partial charge in [-0.2, -0.15) is 4.98 Å². The molecule has 1 aliphatic carbocycles. The first kappa shape index (κ1) is 18.2. The van der Waals surface area contributed by atoms with Crippen LogP contribution in [0, 0.1) is 13.8 Å². The Bertz CT molecular complexity index is 1040. The molecule has 8 nitrogen and oxygen atoms in total. The monoisotopic (exact) mass is 381 g/mol. The topological polar surface area (TPSA) is 81.9 Å². The quantitative estimate of drug-likeness (QED) is 0.653. The fourth-order valence-electron chi connectivity index (χ4n) is 3.33. The number of carbonyl (C=O) groups excluding carboxylic acids is 1. The van der Waals surface area contributed by atoms with E-state index in [-0.39, 0.29) is 17.8 Å². The molecule has 1 fully saturated rings. The summed E-state index contributed by atoms with van der Waals surface area (Å²) >= 11 is 0. The third kappa shape index (κ3) is 3.37. The highest BCUT2D eigenvalue weighted by atomic mass is 16.5. The second-order valence-electron chi connectivity index (χ2n) is 7.03.